The van der Waals surface area contributed by atoms with Crippen molar-refractivity contribution in [3.63, 3.8) is 0 Å². The van der Waals surface area contributed by atoms with Gasteiger partial charge in [-0.05, 0) is 0 Å². The summed E-state index contributed by atoms with van der Waals surface area (Å²) in [6, 6.07) is 0. The van der Waals surface area contributed by atoms with Crippen molar-refractivity contribution in [3.8, 4) is 0 Å². The molecule has 0 aliphatic rings. The first kappa shape index (κ1) is 17.2. The summed E-state index contributed by atoms with van der Waals surface area (Å²) in [5, 5.41) is 0. The van der Waals surface area contributed by atoms with Gasteiger partial charge in [-0.15, -0.1) is 0 Å². The predicted octanol–water partition coefficient (Wildman–Crippen LogP) is -2.39. The third-order valence-electron chi connectivity index (χ3n) is 0. The minimum atomic E-state index is -4.64. The molecular weight excluding hydrogens is 181 g/mol. The average molecular weight is 188 g/mol. The van der Waals surface area contributed by atoms with Gasteiger partial charge in [-0.1, -0.05) is 0 Å². The van der Waals surface area contributed by atoms with E-state index in [4.69, 9.17) is 33.9 Å². The van der Waals surface area contributed by atoms with Crippen LogP contribution in [-0.2, 0) is 4.57 Å². The quantitative estimate of drug-likeness (QED) is 0.184. The second-order valence-electron chi connectivity index (χ2n) is 0.782. The molecular formula is H7LiO7P2. The van der Waals surface area contributed by atoms with Crippen LogP contribution in [0.15, 0.2) is 0 Å². The van der Waals surface area contributed by atoms with Crippen LogP contribution in [0.5, 0.6) is 0 Å². The van der Waals surface area contributed by atoms with E-state index in [0.29, 0.717) is 0 Å². The molecule has 0 amide bonds. The van der Waals surface area contributed by atoms with Gasteiger partial charge in [0.2, 0.25) is 0 Å². The number of rotatable bonds is 0. The van der Waals surface area contributed by atoms with Crippen LogP contribution in [-0.4, -0.2) is 48.2 Å². The first-order valence-electron chi connectivity index (χ1n) is 1.38. The summed E-state index contributed by atoms with van der Waals surface area (Å²) in [6.45, 7) is 0. The van der Waals surface area contributed by atoms with Gasteiger partial charge in [-0.2, -0.15) is 0 Å². The summed E-state index contributed by atoms with van der Waals surface area (Å²) in [6.07, 6.45) is 0. The Labute approximate surface area is 69.8 Å². The molecule has 60 valence electrons. The molecule has 10 heteroatoms. The van der Waals surface area contributed by atoms with Gasteiger partial charge >= 0.3 is 35.3 Å². The zero-order valence-corrected chi connectivity index (χ0v) is 5.77. The minimum absolute atomic E-state index is 0. The third kappa shape index (κ3) is 560. The number of hydrogen-bond donors (Lipinski definition) is 6. The summed E-state index contributed by atoms with van der Waals surface area (Å²) in [5.74, 6) is 0. The monoisotopic (exact) mass is 188 g/mol. The van der Waals surface area contributed by atoms with Crippen molar-refractivity contribution in [2.45, 2.75) is 0 Å². The van der Waals surface area contributed by atoms with E-state index in [1.807, 2.05) is 0 Å². The summed E-state index contributed by atoms with van der Waals surface area (Å²) in [5.41, 5.74) is 0. The van der Waals surface area contributed by atoms with Gasteiger partial charge < -0.3 is 29.4 Å². The first-order valence-corrected chi connectivity index (χ1v) is 4.15. The molecule has 0 aromatic carbocycles. The average Bonchev–Trinajstić information content (AvgIpc) is 1.19. The maximum atomic E-state index is 8.88. The van der Waals surface area contributed by atoms with Crippen LogP contribution in [0.2, 0.25) is 0 Å². The number of hydrogen-bond acceptors (Lipinski definition) is 4. The molecule has 0 rings (SSSR count). The van der Waals surface area contributed by atoms with Crippen molar-refractivity contribution in [1.82, 2.24) is 0 Å². The molecule has 0 bridgehead atoms. The third-order valence-corrected chi connectivity index (χ3v) is 0. The Hall–Kier alpha value is 1.02. The molecule has 0 spiro atoms. The second-order valence-corrected chi connectivity index (χ2v) is 2.34. The summed E-state index contributed by atoms with van der Waals surface area (Å²) in [7, 11) is -7.26. The van der Waals surface area contributed by atoms with Crippen molar-refractivity contribution in [3.05, 3.63) is 0 Å². The van der Waals surface area contributed by atoms with Crippen LogP contribution in [0.4, 0.5) is 0 Å². The molecule has 0 aromatic heterocycles. The van der Waals surface area contributed by atoms with Gasteiger partial charge in [0.25, 0.3) is 0 Å². The SMILES string of the molecule is O=P(O)(O)O.OP(O)O.[LiH]. The van der Waals surface area contributed by atoms with Crippen molar-refractivity contribution in [1.29, 1.82) is 0 Å². The molecule has 10 heavy (non-hydrogen) atoms. The zero-order valence-electron chi connectivity index (χ0n) is 3.99. The standard InChI is InChI=1S/Li.H3O4P.H3O3P.H/c;1-5(2,3)4;1-4(2)3;/h;(H3,1,2,3,4);1-3H;. The zero-order chi connectivity index (χ0) is 8.08. The van der Waals surface area contributed by atoms with E-state index in [1.54, 1.807) is 0 Å². The molecule has 0 unspecified atom stereocenters. The topological polar surface area (TPSA) is 138 Å². The Morgan fingerprint density at radius 2 is 1.00 bits per heavy atom. The predicted molar refractivity (Wildman–Crippen MR) is 35.0 cm³/mol. The van der Waals surface area contributed by atoms with Gasteiger partial charge in [0.15, 0.2) is 0 Å². The Bertz CT molecular complexity index is 82.8. The Morgan fingerprint density at radius 1 is 1.00 bits per heavy atom. The molecule has 6 N–H and O–H groups in total. The molecule has 0 saturated heterocycles. The van der Waals surface area contributed by atoms with Gasteiger partial charge in [0.1, 0.15) is 0 Å². The fourth-order valence-electron chi connectivity index (χ4n) is 0. The first-order chi connectivity index (χ1) is 3.73. The molecule has 0 fully saturated rings. The summed E-state index contributed by atoms with van der Waals surface area (Å²) in [4.78, 5) is 43.3. The molecule has 7 nitrogen and oxygen atoms in total. The van der Waals surface area contributed by atoms with E-state index in [-0.39, 0.29) is 18.9 Å². The fraction of sp³-hybridized carbons (Fsp3) is 0. The van der Waals surface area contributed by atoms with Gasteiger partial charge in [0.05, 0.1) is 0 Å². The van der Waals surface area contributed by atoms with Crippen molar-refractivity contribution in [2.24, 2.45) is 0 Å². The van der Waals surface area contributed by atoms with Crippen LogP contribution in [0.1, 0.15) is 0 Å². The van der Waals surface area contributed by atoms with Crippen LogP contribution < -0.4 is 0 Å². The Balaban J connectivity index is -0.0000000910. The molecule has 0 heterocycles. The molecule has 0 aliphatic carbocycles. The second kappa shape index (κ2) is 8.12. The van der Waals surface area contributed by atoms with Crippen LogP contribution in [0.25, 0.3) is 0 Å². The normalized spacial score (nSPS) is 9.50. The summed E-state index contributed by atoms with van der Waals surface area (Å²) >= 11 is 0. The fourth-order valence-corrected chi connectivity index (χ4v) is 0. The number of phosphoric acid groups is 1. The maximum absolute atomic E-state index is 8.88. The van der Waals surface area contributed by atoms with Crippen molar-refractivity contribution < 1.29 is 33.9 Å². The van der Waals surface area contributed by atoms with E-state index < -0.39 is 16.4 Å². The van der Waals surface area contributed by atoms with E-state index >= 15 is 0 Å². The van der Waals surface area contributed by atoms with E-state index in [2.05, 4.69) is 0 Å². The van der Waals surface area contributed by atoms with Crippen LogP contribution in [0.3, 0.4) is 0 Å². The van der Waals surface area contributed by atoms with E-state index in [0.717, 1.165) is 0 Å². The van der Waals surface area contributed by atoms with Gasteiger partial charge in [-0.3, -0.25) is 0 Å². The molecule has 0 atom stereocenters. The van der Waals surface area contributed by atoms with Crippen molar-refractivity contribution >= 4 is 35.3 Å². The molecule has 0 aliphatic heterocycles. The Morgan fingerprint density at radius 3 is 1.00 bits per heavy atom. The van der Waals surface area contributed by atoms with Gasteiger partial charge in [-0.25, -0.2) is 4.57 Å². The summed E-state index contributed by atoms with van der Waals surface area (Å²) < 4.78 is 8.88. The van der Waals surface area contributed by atoms with E-state index in [9.17, 15) is 0 Å². The molecule has 0 radical (unpaired) electrons. The Kier molecular flexibility index (Phi) is 14.0. The van der Waals surface area contributed by atoms with Crippen molar-refractivity contribution in [2.75, 3.05) is 0 Å². The van der Waals surface area contributed by atoms with Crippen LogP contribution in [0, 0.1) is 0 Å². The van der Waals surface area contributed by atoms with Crippen LogP contribution >= 0.6 is 16.4 Å². The van der Waals surface area contributed by atoms with Gasteiger partial charge in [0, 0.05) is 0 Å². The van der Waals surface area contributed by atoms with E-state index in [1.165, 1.54) is 0 Å². The molecule has 0 saturated carbocycles. The molecule has 0 aromatic rings.